The van der Waals surface area contributed by atoms with E-state index in [0.717, 1.165) is 19.3 Å². The van der Waals surface area contributed by atoms with E-state index >= 15 is 0 Å². The zero-order chi connectivity index (χ0) is 20.8. The van der Waals surface area contributed by atoms with Gasteiger partial charge in [-0.1, -0.05) is 95.7 Å². The van der Waals surface area contributed by atoms with Crippen LogP contribution in [0.1, 0.15) is 96.8 Å². The van der Waals surface area contributed by atoms with Crippen molar-refractivity contribution in [2.45, 2.75) is 96.8 Å². The van der Waals surface area contributed by atoms with Gasteiger partial charge in [0.1, 0.15) is 0 Å². The molecule has 3 N–H and O–H groups in total. The number of nitrogens with one attached hydrogen (secondary N) is 1. The van der Waals surface area contributed by atoms with Gasteiger partial charge in [-0.15, -0.1) is 0 Å². The Morgan fingerprint density at radius 1 is 0.786 bits per heavy atom. The molecular weight excluding hydrogens is 476 g/mol. The molecule has 0 spiro atoms. The van der Waals surface area contributed by atoms with Crippen LogP contribution in [0.2, 0.25) is 0 Å². The number of allylic oxidation sites excluding steroid dienone is 2. The van der Waals surface area contributed by atoms with Crippen molar-refractivity contribution in [3.8, 4) is 0 Å². The molecule has 5 nitrogen and oxygen atoms in total. The number of thiol groups is 2. The fraction of sp³-hybridized carbons (Fsp3) is 0.750. The molecule has 8 heteroatoms. The molecule has 28 heavy (non-hydrogen) atoms. The summed E-state index contributed by atoms with van der Waals surface area (Å²) in [7, 11) is 0. The molecule has 0 aromatic rings. The van der Waals surface area contributed by atoms with E-state index < -0.39 is 10.5 Å². The smallest absolute Gasteiger partial charge is 0.282 e. The molecule has 0 aromatic carbocycles. The third-order valence-corrected chi connectivity index (χ3v) is 4.02. The monoisotopic (exact) mass is 516 g/mol. The van der Waals surface area contributed by atoms with Gasteiger partial charge in [-0.3, -0.25) is 19.7 Å². The topological polar surface area (TPSA) is 89.3 Å². The Bertz CT molecular complexity index is 418. The van der Waals surface area contributed by atoms with Crippen molar-refractivity contribution in [2.24, 2.45) is 5.73 Å². The molecule has 0 atom stereocenters. The van der Waals surface area contributed by atoms with Gasteiger partial charge in [0, 0.05) is 27.5 Å². The summed E-state index contributed by atoms with van der Waals surface area (Å²) in [5.74, 6) is -0.220. The number of carbonyl (C=O) groups is 3. The van der Waals surface area contributed by atoms with E-state index in [1.165, 1.54) is 64.2 Å². The van der Waals surface area contributed by atoms with E-state index in [2.05, 4.69) is 55.4 Å². The predicted octanol–water partition coefficient (Wildman–Crippen LogP) is 6.18. The van der Waals surface area contributed by atoms with Gasteiger partial charge in [0.2, 0.25) is 5.91 Å². The van der Waals surface area contributed by atoms with Crippen LogP contribution in [0.5, 0.6) is 0 Å². The van der Waals surface area contributed by atoms with Crippen molar-refractivity contribution in [1.82, 2.24) is 5.32 Å². The molecule has 0 aliphatic heterocycles. The maximum Gasteiger partial charge on any atom is 0.282 e. The summed E-state index contributed by atoms with van der Waals surface area (Å²) in [5.41, 5.74) is 4.34. The molecule has 0 bridgehead atoms. The van der Waals surface area contributed by atoms with Crippen LogP contribution in [0.4, 0.5) is 9.59 Å². The first-order valence-corrected chi connectivity index (χ1v) is 11.0. The van der Waals surface area contributed by atoms with Crippen LogP contribution in [-0.4, -0.2) is 16.4 Å². The molecule has 0 aromatic heterocycles. The number of imide groups is 1. The second-order valence-corrected chi connectivity index (χ2v) is 7.37. The van der Waals surface area contributed by atoms with Crippen molar-refractivity contribution < 1.29 is 35.4 Å². The van der Waals surface area contributed by atoms with Crippen molar-refractivity contribution in [3.05, 3.63) is 12.2 Å². The Labute approximate surface area is 196 Å². The van der Waals surface area contributed by atoms with E-state index in [9.17, 15) is 9.59 Å². The van der Waals surface area contributed by atoms with Gasteiger partial charge < -0.3 is 5.73 Å². The molecule has 3 amide bonds. The predicted molar refractivity (Wildman–Crippen MR) is 121 cm³/mol. The molecule has 0 radical (unpaired) electrons. The minimum Gasteiger partial charge on any atom is -0.361 e. The Morgan fingerprint density at radius 2 is 1.18 bits per heavy atom. The number of hydrogen-bond acceptors (Lipinski definition) is 3. The normalized spacial score (nSPS) is 9.96. The summed E-state index contributed by atoms with van der Waals surface area (Å²) < 4.78 is 0. The standard InChI is InChI=1S/C19H35NO2S.CH3NOS.Mo/c1-2-3-4-5-6-7-8-9-10-11-12-13-14-15-16-17-18(21)20-19(22)23;2-1(3)4;/h9-10H,2-8,11-17H2,1H3,(H2,20,21,22,23);(H3,2,3,4);. The Morgan fingerprint density at radius 3 is 1.61 bits per heavy atom. The number of carbonyl (C=O) groups excluding carboxylic acids is 3. The number of nitrogens with two attached hydrogens (primary N) is 1. The van der Waals surface area contributed by atoms with Gasteiger partial charge in [0.15, 0.2) is 0 Å². The molecule has 0 heterocycles. The van der Waals surface area contributed by atoms with E-state index in [1.807, 2.05) is 0 Å². The molecular formula is C20H38MoN2O3S2. The van der Waals surface area contributed by atoms with E-state index in [0.29, 0.717) is 6.42 Å². The summed E-state index contributed by atoms with van der Waals surface area (Å²) in [4.78, 5) is 30.8. The summed E-state index contributed by atoms with van der Waals surface area (Å²) >= 11 is 6.62. The average Bonchev–Trinajstić information content (AvgIpc) is 2.57. The largest absolute Gasteiger partial charge is 0.361 e. The van der Waals surface area contributed by atoms with Crippen LogP contribution in [0.3, 0.4) is 0 Å². The number of rotatable bonds is 15. The molecule has 0 fully saturated rings. The molecule has 0 unspecified atom stereocenters. The molecule has 164 valence electrons. The van der Waals surface area contributed by atoms with Crippen LogP contribution in [-0.2, 0) is 25.9 Å². The number of unbranched alkanes of at least 4 members (excludes halogenated alkanes) is 11. The van der Waals surface area contributed by atoms with Crippen LogP contribution in [0.25, 0.3) is 0 Å². The number of primary amides is 1. The second-order valence-electron chi connectivity index (χ2n) is 6.53. The molecule has 0 saturated carbocycles. The Hall–Kier alpha value is -0.262. The van der Waals surface area contributed by atoms with E-state index in [4.69, 9.17) is 4.79 Å². The number of hydrogen-bond donors (Lipinski definition) is 4. The van der Waals surface area contributed by atoms with Crippen LogP contribution in [0.15, 0.2) is 12.2 Å². The SMILES string of the molecule is CCCCCCCCC=CCCCCCCCC(=O)NC(=O)S.NC(=O)S.[Mo]. The summed E-state index contributed by atoms with van der Waals surface area (Å²) in [6.45, 7) is 2.26. The average molecular weight is 515 g/mol. The first-order valence-electron chi connectivity index (χ1n) is 10.1. The van der Waals surface area contributed by atoms with Gasteiger partial charge in [0.25, 0.3) is 10.5 Å². The zero-order valence-electron chi connectivity index (χ0n) is 17.2. The van der Waals surface area contributed by atoms with Crippen LogP contribution in [0, 0.1) is 0 Å². The summed E-state index contributed by atoms with van der Waals surface area (Å²) in [6, 6.07) is 0. The minimum absolute atomic E-state index is 0. The first-order chi connectivity index (χ1) is 12.9. The maximum atomic E-state index is 11.2. The Kier molecular flexibility index (Phi) is 30.9. The third kappa shape index (κ3) is 36.6. The van der Waals surface area contributed by atoms with Crippen LogP contribution < -0.4 is 11.1 Å². The minimum atomic E-state index is -0.639. The van der Waals surface area contributed by atoms with Gasteiger partial charge in [-0.05, 0) is 32.1 Å². The van der Waals surface area contributed by atoms with Crippen molar-refractivity contribution in [1.29, 1.82) is 0 Å². The maximum absolute atomic E-state index is 11.2. The number of amides is 3. The first kappa shape index (κ1) is 32.4. The van der Waals surface area contributed by atoms with Gasteiger partial charge in [-0.2, -0.15) is 0 Å². The van der Waals surface area contributed by atoms with Gasteiger partial charge in [0.05, 0.1) is 0 Å². The Balaban J connectivity index is -0.00000113. The second kappa shape index (κ2) is 26.7. The quantitative estimate of drug-likeness (QED) is 0.0910. The van der Waals surface area contributed by atoms with E-state index in [-0.39, 0.29) is 27.0 Å². The van der Waals surface area contributed by atoms with Crippen molar-refractivity contribution in [3.63, 3.8) is 0 Å². The fourth-order valence-corrected chi connectivity index (χ4v) is 2.66. The van der Waals surface area contributed by atoms with Crippen molar-refractivity contribution >= 4 is 41.6 Å². The van der Waals surface area contributed by atoms with Gasteiger partial charge in [-0.25, -0.2) is 0 Å². The molecule has 0 rings (SSSR count). The van der Waals surface area contributed by atoms with Gasteiger partial charge >= 0.3 is 0 Å². The fourth-order valence-electron chi connectivity index (χ4n) is 2.54. The summed E-state index contributed by atoms with van der Waals surface area (Å²) in [5, 5.41) is 0.964. The molecule has 0 aliphatic rings. The van der Waals surface area contributed by atoms with E-state index in [1.54, 1.807) is 0 Å². The third-order valence-electron chi connectivity index (χ3n) is 3.91. The zero-order valence-corrected chi connectivity index (χ0v) is 21.0. The summed E-state index contributed by atoms with van der Waals surface area (Å²) in [6.07, 6.45) is 21.2. The molecule has 0 saturated heterocycles. The van der Waals surface area contributed by atoms with Crippen molar-refractivity contribution in [2.75, 3.05) is 0 Å². The van der Waals surface area contributed by atoms with Crippen LogP contribution >= 0.6 is 25.3 Å². The molecule has 0 aliphatic carbocycles.